The van der Waals surface area contributed by atoms with Crippen molar-refractivity contribution in [1.29, 1.82) is 0 Å². The Hall–Kier alpha value is -2.92. The summed E-state index contributed by atoms with van der Waals surface area (Å²) >= 11 is 0. The SMILES string of the molecule is COC(=O)c1cc(OC)ccc1NC(=O)C1CCN(S(=O)(=O)c2cn(C)c(C)n2)CC1. The zero-order valence-electron chi connectivity index (χ0n) is 17.9. The van der Waals surface area contributed by atoms with Crippen molar-refractivity contribution in [2.45, 2.75) is 24.8 Å². The minimum absolute atomic E-state index is 0.0105. The molecule has 0 saturated carbocycles. The van der Waals surface area contributed by atoms with Gasteiger partial charge in [0.1, 0.15) is 11.6 Å². The van der Waals surface area contributed by atoms with Crippen LogP contribution in [0.5, 0.6) is 5.75 Å². The quantitative estimate of drug-likeness (QED) is 0.663. The molecule has 1 aliphatic rings. The van der Waals surface area contributed by atoms with Crippen molar-refractivity contribution in [3.63, 3.8) is 0 Å². The van der Waals surface area contributed by atoms with Gasteiger partial charge < -0.3 is 19.4 Å². The molecule has 1 N–H and O–H groups in total. The second-order valence-corrected chi connectivity index (χ2v) is 9.19. The van der Waals surface area contributed by atoms with Crippen LogP contribution < -0.4 is 10.1 Å². The number of sulfonamides is 1. The predicted octanol–water partition coefficient (Wildman–Crippen LogP) is 1.56. The van der Waals surface area contributed by atoms with Crippen LogP contribution in [0.2, 0.25) is 0 Å². The molecule has 1 aliphatic heterocycles. The van der Waals surface area contributed by atoms with Crippen molar-refractivity contribution in [3.05, 3.63) is 35.8 Å². The molecule has 0 unspecified atom stereocenters. The van der Waals surface area contributed by atoms with Crippen LogP contribution in [0, 0.1) is 12.8 Å². The fraction of sp³-hybridized carbons (Fsp3) is 0.450. The fourth-order valence-corrected chi connectivity index (χ4v) is 4.91. The van der Waals surface area contributed by atoms with E-state index >= 15 is 0 Å². The van der Waals surface area contributed by atoms with Crippen molar-refractivity contribution < 1.29 is 27.5 Å². The largest absolute Gasteiger partial charge is 0.497 e. The molecule has 10 nitrogen and oxygen atoms in total. The number of methoxy groups -OCH3 is 2. The molecule has 3 rings (SSSR count). The van der Waals surface area contributed by atoms with Gasteiger partial charge in [0, 0.05) is 32.3 Å². The molecule has 2 heterocycles. The molecular weight excluding hydrogens is 424 g/mol. The Kier molecular flexibility index (Phi) is 6.65. The first-order valence-corrected chi connectivity index (χ1v) is 11.2. The molecule has 168 valence electrons. The van der Waals surface area contributed by atoms with E-state index in [1.165, 1.54) is 30.8 Å². The van der Waals surface area contributed by atoms with Gasteiger partial charge in [-0.3, -0.25) is 4.79 Å². The van der Waals surface area contributed by atoms with Gasteiger partial charge in [0.15, 0.2) is 5.03 Å². The molecule has 0 spiro atoms. The monoisotopic (exact) mass is 450 g/mol. The number of anilines is 1. The number of aromatic nitrogens is 2. The van der Waals surface area contributed by atoms with Gasteiger partial charge in [-0.15, -0.1) is 0 Å². The Labute approximate surface area is 181 Å². The number of rotatable bonds is 6. The third-order valence-electron chi connectivity index (χ3n) is 5.41. The smallest absolute Gasteiger partial charge is 0.340 e. The van der Waals surface area contributed by atoms with Crippen LogP contribution in [0.25, 0.3) is 0 Å². The maximum Gasteiger partial charge on any atom is 0.340 e. The van der Waals surface area contributed by atoms with Crippen LogP contribution in [-0.2, 0) is 26.6 Å². The molecule has 1 fully saturated rings. The standard InChI is InChI=1S/C20H26N4O6S/c1-13-21-18(12-23(13)2)31(27,28)24-9-7-14(8-10-24)19(25)22-17-6-5-15(29-3)11-16(17)20(26)30-4/h5-6,11-12,14H,7-10H2,1-4H3,(H,22,25). The van der Waals surface area contributed by atoms with E-state index in [-0.39, 0.29) is 35.5 Å². The first-order valence-electron chi connectivity index (χ1n) is 9.74. The lowest BCUT2D eigenvalue weighted by Gasteiger charge is -2.30. The molecule has 0 aliphatic carbocycles. The maximum absolute atomic E-state index is 12.8. The highest BCUT2D eigenvalue weighted by Crippen LogP contribution is 2.27. The summed E-state index contributed by atoms with van der Waals surface area (Å²) < 4.78 is 38.6. The summed E-state index contributed by atoms with van der Waals surface area (Å²) in [6.45, 7) is 2.16. The summed E-state index contributed by atoms with van der Waals surface area (Å²) in [5, 5.41) is 2.77. The number of aryl methyl sites for hydroxylation is 2. The Bertz CT molecular complexity index is 1070. The number of hydrogen-bond donors (Lipinski definition) is 1. The van der Waals surface area contributed by atoms with Gasteiger partial charge in [0.2, 0.25) is 5.91 Å². The van der Waals surface area contributed by atoms with Gasteiger partial charge >= 0.3 is 5.97 Å². The number of imidazole rings is 1. The van der Waals surface area contributed by atoms with Crippen LogP contribution in [0.1, 0.15) is 29.0 Å². The summed E-state index contributed by atoms with van der Waals surface area (Å²) in [4.78, 5) is 29.0. The Morgan fingerprint density at radius 3 is 2.42 bits per heavy atom. The highest BCUT2D eigenvalue weighted by atomic mass is 32.2. The average molecular weight is 451 g/mol. The summed E-state index contributed by atoms with van der Waals surface area (Å²) in [6, 6.07) is 4.70. The minimum Gasteiger partial charge on any atom is -0.497 e. The molecule has 11 heteroatoms. The van der Waals surface area contributed by atoms with E-state index in [1.807, 2.05) is 0 Å². The van der Waals surface area contributed by atoms with E-state index in [9.17, 15) is 18.0 Å². The summed E-state index contributed by atoms with van der Waals surface area (Å²) in [6.07, 6.45) is 2.21. The highest BCUT2D eigenvalue weighted by molar-refractivity contribution is 7.89. The molecule has 1 aromatic carbocycles. The van der Waals surface area contributed by atoms with Crippen LogP contribution >= 0.6 is 0 Å². The fourth-order valence-electron chi connectivity index (χ4n) is 3.41. The lowest BCUT2D eigenvalue weighted by atomic mass is 9.97. The minimum atomic E-state index is -3.71. The van der Waals surface area contributed by atoms with Gasteiger partial charge in [-0.1, -0.05) is 0 Å². The number of nitrogens with zero attached hydrogens (tertiary/aromatic N) is 3. The Balaban J connectivity index is 1.68. The molecule has 1 aromatic heterocycles. The number of piperidine rings is 1. The molecule has 1 saturated heterocycles. The van der Waals surface area contributed by atoms with Gasteiger partial charge in [-0.05, 0) is 38.0 Å². The number of esters is 1. The molecule has 2 aromatic rings. The highest BCUT2D eigenvalue weighted by Gasteiger charge is 2.34. The number of hydrogen-bond acceptors (Lipinski definition) is 7. The van der Waals surface area contributed by atoms with Gasteiger partial charge in [-0.25, -0.2) is 18.2 Å². The molecular formula is C20H26N4O6S. The summed E-state index contributed by atoms with van der Waals surface area (Å²) in [5.74, 6) is -0.193. The predicted molar refractivity (Wildman–Crippen MR) is 112 cm³/mol. The van der Waals surface area contributed by atoms with Crippen LogP contribution in [0.4, 0.5) is 5.69 Å². The van der Waals surface area contributed by atoms with Crippen molar-refractivity contribution in [2.24, 2.45) is 13.0 Å². The van der Waals surface area contributed by atoms with Crippen molar-refractivity contribution in [2.75, 3.05) is 32.6 Å². The first-order chi connectivity index (χ1) is 14.7. The molecule has 0 bridgehead atoms. The Morgan fingerprint density at radius 1 is 1.19 bits per heavy atom. The lowest BCUT2D eigenvalue weighted by Crippen LogP contribution is -2.41. The normalized spacial score (nSPS) is 15.5. The number of benzene rings is 1. The first kappa shape index (κ1) is 22.8. The number of carbonyl (C=O) groups excluding carboxylic acids is 2. The second kappa shape index (κ2) is 9.06. The van der Waals surface area contributed by atoms with E-state index in [2.05, 4.69) is 10.3 Å². The zero-order valence-corrected chi connectivity index (χ0v) is 18.7. The number of carbonyl (C=O) groups is 2. The van der Waals surface area contributed by atoms with Crippen molar-refractivity contribution >= 4 is 27.6 Å². The molecule has 1 amide bonds. The zero-order chi connectivity index (χ0) is 22.8. The van der Waals surface area contributed by atoms with Gasteiger partial charge in [0.25, 0.3) is 10.0 Å². The van der Waals surface area contributed by atoms with E-state index < -0.39 is 16.0 Å². The average Bonchev–Trinajstić information content (AvgIpc) is 3.12. The maximum atomic E-state index is 12.8. The molecule has 0 radical (unpaired) electrons. The molecule has 0 atom stereocenters. The van der Waals surface area contributed by atoms with Gasteiger partial charge in [0.05, 0.1) is 25.5 Å². The van der Waals surface area contributed by atoms with E-state index in [0.717, 1.165) is 0 Å². The van der Waals surface area contributed by atoms with E-state index in [0.29, 0.717) is 30.1 Å². The van der Waals surface area contributed by atoms with Crippen LogP contribution in [-0.4, -0.2) is 61.5 Å². The Morgan fingerprint density at radius 2 is 1.87 bits per heavy atom. The van der Waals surface area contributed by atoms with Crippen molar-refractivity contribution in [1.82, 2.24) is 13.9 Å². The topological polar surface area (TPSA) is 120 Å². The molecule has 31 heavy (non-hydrogen) atoms. The van der Waals surface area contributed by atoms with Gasteiger partial charge in [-0.2, -0.15) is 4.31 Å². The van der Waals surface area contributed by atoms with Crippen LogP contribution in [0.15, 0.2) is 29.4 Å². The number of nitrogens with one attached hydrogen (secondary N) is 1. The van der Waals surface area contributed by atoms with E-state index in [1.54, 1.807) is 30.7 Å². The lowest BCUT2D eigenvalue weighted by molar-refractivity contribution is -0.120. The number of ether oxygens (including phenoxy) is 2. The van der Waals surface area contributed by atoms with E-state index in [4.69, 9.17) is 9.47 Å². The third-order valence-corrected chi connectivity index (χ3v) is 7.18. The van der Waals surface area contributed by atoms with Crippen molar-refractivity contribution in [3.8, 4) is 5.75 Å². The summed E-state index contributed by atoms with van der Waals surface area (Å²) in [5.41, 5.74) is 0.498. The van der Waals surface area contributed by atoms with Crippen LogP contribution in [0.3, 0.4) is 0 Å². The summed E-state index contributed by atoms with van der Waals surface area (Å²) in [7, 11) is 0.761. The third kappa shape index (κ3) is 4.72. The second-order valence-electron chi connectivity index (χ2n) is 7.31. The number of amides is 1.